The molecule has 18 aromatic rings. The Morgan fingerprint density at radius 2 is 0.688 bits per heavy atom. The number of fused-ring (bicyclic) bond motifs is 5. The number of halogens is 4. The molecule has 18 rings (SSSR count). The number of hydrogen-bond acceptors (Lipinski definition) is 7. The number of hydrogen-bond donors (Lipinski definition) is 5. The number of carboxylic acid groups (broad SMARTS) is 2. The molecule has 21 heteroatoms. The van der Waals surface area contributed by atoms with Crippen molar-refractivity contribution in [3.63, 3.8) is 0 Å². The van der Waals surface area contributed by atoms with Gasteiger partial charge in [-0.3, -0.25) is 19.2 Å². The maximum atomic E-state index is 12.6. The van der Waals surface area contributed by atoms with Crippen molar-refractivity contribution in [3.05, 3.63) is 440 Å². The van der Waals surface area contributed by atoms with Crippen molar-refractivity contribution < 1.29 is 45.5 Å². The van der Waals surface area contributed by atoms with Gasteiger partial charge < -0.3 is 48.8 Å². The predicted octanol–water partition coefficient (Wildman–Crippen LogP) is 25.4. The molecule has 0 saturated heterocycles. The van der Waals surface area contributed by atoms with Gasteiger partial charge in [-0.25, -0.2) is 9.59 Å². The number of ketones is 2. The number of aromatic nitrogens is 5. The number of nitrogens with two attached hydrogens (primary N) is 2. The number of carbonyl (C=O) groups is 6. The molecule has 0 spiro atoms. The van der Waals surface area contributed by atoms with Crippen LogP contribution < -0.4 is 11.5 Å². The number of primary amides is 2. The number of nitrogens with zero attached hydrogens (tertiary/aromatic N) is 5. The monoisotopic (exact) mass is 2000 g/mol. The molecule has 0 fully saturated rings. The van der Waals surface area contributed by atoms with Crippen LogP contribution in [-0.4, -0.2) is 75.8 Å². The van der Waals surface area contributed by atoms with Gasteiger partial charge in [0.1, 0.15) is 11.4 Å². The van der Waals surface area contributed by atoms with Crippen LogP contribution >= 0.6 is 69.9 Å². The highest BCUT2D eigenvalue weighted by Gasteiger charge is 2.29. The van der Waals surface area contributed by atoms with Crippen molar-refractivity contribution in [1.82, 2.24) is 22.0 Å². The van der Waals surface area contributed by atoms with E-state index in [-0.39, 0.29) is 32.7 Å². The van der Waals surface area contributed by atoms with E-state index < -0.39 is 35.3 Å². The van der Waals surface area contributed by atoms with Gasteiger partial charge in [0.05, 0.1) is 33.2 Å². The first-order chi connectivity index (χ1) is 61.6. The fourth-order valence-corrected chi connectivity index (χ4v) is 17.1. The molecule has 0 aliphatic rings. The van der Waals surface area contributed by atoms with Crippen molar-refractivity contribution in [2.45, 2.75) is 86.0 Å². The molecule has 0 saturated carbocycles. The molecule has 16 nitrogen and oxygen atoms in total. The highest BCUT2D eigenvalue weighted by atomic mass is 127. The summed E-state index contributed by atoms with van der Waals surface area (Å²) in [5.41, 5.74) is 42.0. The van der Waals surface area contributed by atoms with Gasteiger partial charge in [0, 0.05) is 90.4 Å². The van der Waals surface area contributed by atoms with E-state index in [1.54, 1.807) is 48.8 Å². The first kappa shape index (κ1) is 94.0. The van der Waals surface area contributed by atoms with Crippen LogP contribution in [0.3, 0.4) is 0 Å². The topological polar surface area (TPSA) is 237 Å². The van der Waals surface area contributed by atoms with Crippen LogP contribution in [0.25, 0.3) is 72.1 Å². The van der Waals surface area contributed by atoms with Crippen molar-refractivity contribution >= 4 is 136 Å². The molecular weight excluding hydrogens is 1900 g/mol. The second kappa shape index (κ2) is 43.3. The standard InChI is InChI=1S/C25H22N2O2.C24H20N2O3.C23H21N.C13H11I.C12H11NO4.C10H11N.BBr3.H2/c1-16-9-8-14-27-21(17(2)22(23(16)27)24(28)25(26)29)15-19-12-6-7-13-20(19)18-10-4-3-5-11-18;1-15-19(14-17-10-5-6-11-18(17)16-8-3-2-4-9-16)26-13-7-12-20(27)22(26)21(15)23(28)24(25)29;1-17-9-8-14-24-22(17)15-18(2)23(24)16-20-12-6-7-13-21(20)19-10-4-3-5-11-19;14-10-12-8-4-5-9-13(12)11-6-2-1-3-7-11;1-6-4-3-5-13-9(6)8(11(14)15)7(2)10(13)12(16)17;1-8-6-10-9(2)4-3-5-11(10)7-8;2-1(3)4;/h3-14H,15H2,1-2H3,(H2,26,29);2-13,27H,14H2,1H3,(H2,25,29);3-15H,16H2,1-2H3;1-9H,10H2;3-5H,1-2H3,(H,14,15)(H,16,17);3-7H,1-2H3;;1H/i;;;;;;;1+1. The highest BCUT2D eigenvalue weighted by molar-refractivity contribution is 14.1. The van der Waals surface area contributed by atoms with E-state index in [4.69, 9.17) is 16.6 Å². The Morgan fingerprint density at radius 1 is 0.352 bits per heavy atom. The summed E-state index contributed by atoms with van der Waals surface area (Å²) < 4.78 is 11.0. The summed E-state index contributed by atoms with van der Waals surface area (Å²) in [6.07, 6.45) is 13.8. The largest absolute Gasteiger partial charge is 0.506 e. The van der Waals surface area contributed by atoms with Crippen LogP contribution in [0.15, 0.2) is 328 Å². The van der Waals surface area contributed by atoms with Crippen LogP contribution in [0.2, 0.25) is 0 Å². The van der Waals surface area contributed by atoms with Gasteiger partial charge in [-0.1, -0.05) is 265 Å². The van der Waals surface area contributed by atoms with Gasteiger partial charge in [0.25, 0.3) is 23.4 Å². The predicted molar refractivity (Wildman–Crippen MR) is 541 cm³/mol. The molecule has 0 unspecified atom stereocenters. The maximum Gasteiger partial charge on any atom is 0.369 e. The number of carbonyl (C=O) groups excluding carboxylic acids is 4. The quantitative estimate of drug-likeness (QED) is 0.0191. The molecule has 0 atom stereocenters. The normalized spacial score (nSPS) is 10.7. The molecular formula is C107H98BBr3IN7O9. The Balaban J connectivity index is 0.000000152. The third kappa shape index (κ3) is 21.7. The molecule has 0 aliphatic carbocycles. The number of carboxylic acids is 2. The van der Waals surface area contributed by atoms with E-state index in [1.165, 1.54) is 89.8 Å². The smallest absolute Gasteiger partial charge is 0.369 e. The molecule has 0 bridgehead atoms. The fraction of sp³-hybridized carbons (Fsp3) is 0.121. The Morgan fingerprint density at radius 3 is 1.09 bits per heavy atom. The summed E-state index contributed by atoms with van der Waals surface area (Å²) in [6, 6.07) is 98.7. The number of aromatic hydroxyl groups is 1. The van der Waals surface area contributed by atoms with E-state index in [9.17, 15) is 39.0 Å². The first-order valence-corrected chi connectivity index (χ1v) is 45.6. The SMILES string of the molecule is BrB(Br)Br.Cc1c(C(=O)C(N)=O)c2c(C)cccn2c1Cc1ccccc1-c1ccccc1.Cc1c(C(=O)C(N)=O)c2c(O)cccn2c1Cc1ccccc1-c1ccccc1.Cc1c(C(=O)O)c2c(C)cccn2c1C(=O)O.Cc1cc2c(C)cccn2c1.Cc1cc2c(C)cccn2c1Cc1ccccc1-c1ccccc1.ICc1ccccc1-c1ccccc1.[2HH]. The molecule has 0 radical (unpaired) electrons. The van der Waals surface area contributed by atoms with Crippen LogP contribution in [0.5, 0.6) is 5.75 Å². The summed E-state index contributed by atoms with van der Waals surface area (Å²) in [6.45, 7) is 17.5. The lowest BCUT2D eigenvalue weighted by molar-refractivity contribution is -0.114. The Labute approximate surface area is 784 Å². The van der Waals surface area contributed by atoms with E-state index in [0.29, 0.717) is 35.0 Å². The summed E-state index contributed by atoms with van der Waals surface area (Å²) in [4.78, 5) is 70.7. The second-order valence-corrected chi connectivity index (χ2v) is 38.1. The van der Waals surface area contributed by atoms with Crippen molar-refractivity contribution in [1.29, 1.82) is 0 Å². The Kier molecular flexibility index (Phi) is 31.8. The zero-order valence-corrected chi connectivity index (χ0v) is 79.2. The van der Waals surface area contributed by atoms with E-state index in [0.717, 1.165) is 77.8 Å². The summed E-state index contributed by atoms with van der Waals surface area (Å²) in [7, 11) is 0. The lowest BCUT2D eigenvalue weighted by atomic mass is 9.95. The molecule has 2 amide bonds. The number of Topliss-reactive ketones (excluding diaryl/α,β-unsaturated/α-hetero) is 2. The third-order valence-electron chi connectivity index (χ3n) is 22.5. The van der Waals surface area contributed by atoms with Gasteiger partial charge in [0.15, 0.2) is 0 Å². The summed E-state index contributed by atoms with van der Waals surface area (Å²) in [5.74, 6) is -5.72. The molecule has 10 heterocycles. The minimum Gasteiger partial charge on any atom is -0.506 e. The molecule has 646 valence electrons. The van der Waals surface area contributed by atoms with E-state index in [1.807, 2.05) is 103 Å². The number of rotatable bonds is 17. The summed E-state index contributed by atoms with van der Waals surface area (Å²) in [5, 5.41) is 28.7. The zero-order valence-electron chi connectivity index (χ0n) is 72.3. The minimum atomic E-state index is -1.13. The van der Waals surface area contributed by atoms with Crippen LogP contribution in [0, 0.1) is 62.3 Å². The zero-order chi connectivity index (χ0) is 91.6. The third-order valence-corrected chi connectivity index (χ3v) is 23.3. The number of pyridine rings is 5. The average Bonchev–Trinajstić information content (AvgIpc) is 1.61. The highest BCUT2D eigenvalue weighted by Crippen LogP contribution is 2.37. The van der Waals surface area contributed by atoms with Crippen LogP contribution in [0.4, 0.5) is 0 Å². The number of aryl methyl sites for hydroxylation is 6. The van der Waals surface area contributed by atoms with Gasteiger partial charge in [-0.15, -0.1) is 47.3 Å². The van der Waals surface area contributed by atoms with Crippen LogP contribution in [-0.2, 0) is 33.3 Å². The molecule has 10 aromatic heterocycles. The number of alkyl halides is 1. The van der Waals surface area contributed by atoms with Crippen molar-refractivity contribution in [3.8, 4) is 50.3 Å². The van der Waals surface area contributed by atoms with E-state index in [2.05, 4.69) is 313 Å². The second-order valence-electron chi connectivity index (χ2n) is 30.9. The lowest BCUT2D eigenvalue weighted by Crippen LogP contribution is -2.23. The molecule has 0 aliphatic heterocycles. The number of aromatic carboxylic acids is 2. The minimum absolute atomic E-state index is 0. The first-order valence-electron chi connectivity index (χ1n) is 41.4. The Hall–Kier alpha value is -13.2. The molecule has 128 heavy (non-hydrogen) atoms. The van der Waals surface area contributed by atoms with Gasteiger partial charge >= 0.3 is 15.1 Å². The van der Waals surface area contributed by atoms with Gasteiger partial charge in [0.2, 0.25) is 0 Å². The molecule has 8 aromatic carbocycles. The van der Waals surface area contributed by atoms with E-state index >= 15 is 0 Å². The number of amides is 2. The van der Waals surface area contributed by atoms with Gasteiger partial charge in [-0.05, 0) is 228 Å². The van der Waals surface area contributed by atoms with Gasteiger partial charge in [-0.2, -0.15) is 0 Å². The Bertz CT molecular complexity index is 6890. The van der Waals surface area contributed by atoms with Crippen molar-refractivity contribution in [2.75, 3.05) is 0 Å². The molecule has 7 N–H and O–H groups in total. The fourth-order valence-electron chi connectivity index (χ4n) is 16.5. The summed E-state index contributed by atoms with van der Waals surface area (Å²) >= 11 is 11.7. The van der Waals surface area contributed by atoms with Crippen LogP contribution in [0.1, 0.15) is 132 Å². The average molecular weight is 2000 g/mol. The van der Waals surface area contributed by atoms with Crippen molar-refractivity contribution in [2.24, 2.45) is 11.5 Å². The maximum absolute atomic E-state index is 12.6. The lowest BCUT2D eigenvalue weighted by Gasteiger charge is -2.11. The number of benzene rings is 8.